The van der Waals surface area contributed by atoms with Crippen molar-refractivity contribution >= 4 is 17.2 Å². The summed E-state index contributed by atoms with van der Waals surface area (Å²) in [7, 11) is 0. The van der Waals surface area contributed by atoms with Crippen LogP contribution in [0.4, 0.5) is 4.39 Å². The number of aryl methyl sites for hydroxylation is 1. The zero-order valence-electron chi connectivity index (χ0n) is 11.9. The number of thiocarbonyl (C=S) groups is 1. The molecule has 0 fully saturated rings. The van der Waals surface area contributed by atoms with Crippen LogP contribution in [0.15, 0.2) is 42.5 Å². The van der Waals surface area contributed by atoms with Gasteiger partial charge in [-0.15, -0.1) is 0 Å². The van der Waals surface area contributed by atoms with E-state index in [4.69, 9.17) is 22.7 Å². The third-order valence-corrected chi connectivity index (χ3v) is 3.43. The smallest absolute Gasteiger partial charge is 0.130 e. The molecule has 0 aliphatic carbocycles. The zero-order chi connectivity index (χ0) is 15.2. The number of rotatable bonds is 6. The minimum absolute atomic E-state index is 0.177. The van der Waals surface area contributed by atoms with Crippen LogP contribution in [0.25, 0.3) is 0 Å². The van der Waals surface area contributed by atoms with Crippen molar-refractivity contribution in [3.8, 4) is 5.75 Å². The van der Waals surface area contributed by atoms with E-state index in [9.17, 15) is 4.39 Å². The number of hydrogen-bond donors (Lipinski definition) is 1. The van der Waals surface area contributed by atoms with Gasteiger partial charge >= 0.3 is 0 Å². The van der Waals surface area contributed by atoms with Crippen LogP contribution in [0.3, 0.4) is 0 Å². The first-order chi connectivity index (χ1) is 10.1. The molecule has 0 unspecified atom stereocenters. The molecular weight excluding hydrogens is 285 g/mol. The summed E-state index contributed by atoms with van der Waals surface area (Å²) in [5.41, 5.74) is 7.75. The molecule has 0 saturated carbocycles. The fourth-order valence-corrected chi connectivity index (χ4v) is 2.15. The van der Waals surface area contributed by atoms with Crippen molar-refractivity contribution in [3.05, 3.63) is 65.0 Å². The molecular formula is C17H18FNOS. The normalized spacial score (nSPS) is 10.4. The van der Waals surface area contributed by atoms with Gasteiger partial charge in [0.05, 0.1) is 0 Å². The van der Waals surface area contributed by atoms with Crippen LogP contribution in [-0.4, -0.2) is 4.99 Å². The molecule has 0 atom stereocenters. The number of halogens is 1. The molecule has 0 aromatic heterocycles. The van der Waals surface area contributed by atoms with E-state index in [1.165, 1.54) is 11.6 Å². The van der Waals surface area contributed by atoms with Crippen LogP contribution in [-0.2, 0) is 13.0 Å². The van der Waals surface area contributed by atoms with Crippen molar-refractivity contribution in [1.82, 2.24) is 0 Å². The molecule has 110 valence electrons. The Labute approximate surface area is 129 Å². The van der Waals surface area contributed by atoms with Gasteiger partial charge in [0, 0.05) is 11.1 Å². The van der Waals surface area contributed by atoms with Gasteiger partial charge in [-0.3, -0.25) is 0 Å². The molecule has 2 aromatic carbocycles. The quantitative estimate of drug-likeness (QED) is 0.820. The van der Waals surface area contributed by atoms with Gasteiger partial charge in [-0.25, -0.2) is 4.39 Å². The summed E-state index contributed by atoms with van der Waals surface area (Å²) in [6, 6.07) is 12.6. The van der Waals surface area contributed by atoms with Crippen LogP contribution in [0.1, 0.15) is 30.0 Å². The second-order valence-electron chi connectivity index (χ2n) is 4.85. The summed E-state index contributed by atoms with van der Waals surface area (Å²) in [6.45, 7) is 2.32. The van der Waals surface area contributed by atoms with Gasteiger partial charge in [-0.1, -0.05) is 49.8 Å². The Bertz CT molecular complexity index is 625. The predicted molar refractivity (Wildman–Crippen MR) is 87.1 cm³/mol. The molecule has 0 radical (unpaired) electrons. The molecule has 4 heteroatoms. The number of ether oxygens (including phenoxy) is 1. The molecule has 2 N–H and O–H groups in total. The van der Waals surface area contributed by atoms with Crippen LogP contribution < -0.4 is 10.5 Å². The zero-order valence-corrected chi connectivity index (χ0v) is 12.8. The highest BCUT2D eigenvalue weighted by molar-refractivity contribution is 7.80. The topological polar surface area (TPSA) is 35.2 Å². The summed E-state index contributed by atoms with van der Waals surface area (Å²) in [6.07, 6.45) is 2.16. The number of benzene rings is 2. The average molecular weight is 303 g/mol. The Morgan fingerprint density at radius 3 is 2.48 bits per heavy atom. The Balaban J connectivity index is 2.01. The molecule has 2 aromatic rings. The molecule has 0 aliphatic rings. The Kier molecular flexibility index (Phi) is 5.28. The van der Waals surface area contributed by atoms with Gasteiger partial charge in [0.1, 0.15) is 23.2 Å². The standard InChI is InChI=1S/C17H18FNOS/c1-2-3-12-4-8-15(9-5-12)20-11-14-7-6-13(17(19)21)10-16(14)18/h4-10H,2-3,11H2,1H3,(H2,19,21). The molecule has 21 heavy (non-hydrogen) atoms. The summed E-state index contributed by atoms with van der Waals surface area (Å²) in [4.78, 5) is 0.188. The van der Waals surface area contributed by atoms with Crippen molar-refractivity contribution in [3.63, 3.8) is 0 Å². The maximum absolute atomic E-state index is 13.9. The van der Waals surface area contributed by atoms with Gasteiger partial charge in [-0.2, -0.15) is 0 Å². The van der Waals surface area contributed by atoms with Crippen molar-refractivity contribution in [1.29, 1.82) is 0 Å². The lowest BCUT2D eigenvalue weighted by atomic mass is 10.1. The van der Waals surface area contributed by atoms with Crippen molar-refractivity contribution in [2.24, 2.45) is 5.73 Å². The molecule has 0 heterocycles. The molecule has 2 nitrogen and oxygen atoms in total. The lowest BCUT2D eigenvalue weighted by Crippen LogP contribution is -2.10. The summed E-state index contributed by atoms with van der Waals surface area (Å²) in [5, 5.41) is 0. The first-order valence-electron chi connectivity index (χ1n) is 6.90. The summed E-state index contributed by atoms with van der Waals surface area (Å²) in [5.74, 6) is 0.371. The molecule has 0 amide bonds. The highest BCUT2D eigenvalue weighted by atomic mass is 32.1. The van der Waals surface area contributed by atoms with Crippen LogP contribution in [0.2, 0.25) is 0 Å². The lowest BCUT2D eigenvalue weighted by molar-refractivity contribution is 0.300. The third-order valence-electron chi connectivity index (χ3n) is 3.19. The second-order valence-corrected chi connectivity index (χ2v) is 5.29. The maximum Gasteiger partial charge on any atom is 0.130 e. The van der Waals surface area contributed by atoms with E-state index >= 15 is 0 Å². The highest BCUT2D eigenvalue weighted by Crippen LogP contribution is 2.17. The van der Waals surface area contributed by atoms with Crippen LogP contribution >= 0.6 is 12.2 Å². The van der Waals surface area contributed by atoms with Crippen molar-refractivity contribution < 1.29 is 9.13 Å². The molecule has 0 saturated heterocycles. The van der Waals surface area contributed by atoms with E-state index in [0.717, 1.165) is 18.6 Å². The van der Waals surface area contributed by atoms with Crippen LogP contribution in [0, 0.1) is 5.82 Å². The van der Waals surface area contributed by atoms with Crippen LogP contribution in [0.5, 0.6) is 5.75 Å². The molecule has 0 aliphatic heterocycles. The van der Waals surface area contributed by atoms with Crippen molar-refractivity contribution in [2.45, 2.75) is 26.4 Å². The highest BCUT2D eigenvalue weighted by Gasteiger charge is 2.06. The third kappa shape index (κ3) is 4.26. The molecule has 0 spiro atoms. The summed E-state index contributed by atoms with van der Waals surface area (Å²) < 4.78 is 19.5. The first kappa shape index (κ1) is 15.4. The largest absolute Gasteiger partial charge is 0.489 e. The molecule has 0 bridgehead atoms. The van der Waals surface area contributed by atoms with E-state index in [0.29, 0.717) is 11.1 Å². The Hall–Kier alpha value is -1.94. The van der Waals surface area contributed by atoms with Gasteiger partial charge in [0.2, 0.25) is 0 Å². The monoisotopic (exact) mass is 303 g/mol. The van der Waals surface area contributed by atoms with Gasteiger partial charge in [0.25, 0.3) is 0 Å². The van der Waals surface area contributed by atoms with Gasteiger partial charge in [0.15, 0.2) is 0 Å². The minimum Gasteiger partial charge on any atom is -0.489 e. The van der Waals surface area contributed by atoms with Crippen molar-refractivity contribution in [2.75, 3.05) is 0 Å². The maximum atomic E-state index is 13.9. The Morgan fingerprint density at radius 2 is 1.90 bits per heavy atom. The average Bonchev–Trinajstić information content (AvgIpc) is 2.47. The van der Waals surface area contributed by atoms with E-state index in [-0.39, 0.29) is 17.4 Å². The van der Waals surface area contributed by atoms with E-state index in [2.05, 4.69) is 6.92 Å². The van der Waals surface area contributed by atoms with E-state index in [1.54, 1.807) is 12.1 Å². The fourth-order valence-electron chi connectivity index (χ4n) is 2.02. The SMILES string of the molecule is CCCc1ccc(OCc2ccc(C(N)=S)cc2F)cc1. The number of nitrogens with two attached hydrogens (primary N) is 1. The van der Waals surface area contributed by atoms with Gasteiger partial charge in [-0.05, 0) is 30.2 Å². The predicted octanol–water partition coefficient (Wildman–Crippen LogP) is 3.99. The second kappa shape index (κ2) is 7.18. The van der Waals surface area contributed by atoms with E-state index in [1.807, 2.05) is 24.3 Å². The lowest BCUT2D eigenvalue weighted by Gasteiger charge is -2.09. The minimum atomic E-state index is -0.358. The first-order valence-corrected chi connectivity index (χ1v) is 7.31. The summed E-state index contributed by atoms with van der Waals surface area (Å²) >= 11 is 4.82. The number of hydrogen-bond acceptors (Lipinski definition) is 2. The Morgan fingerprint density at radius 1 is 1.19 bits per heavy atom. The van der Waals surface area contributed by atoms with E-state index < -0.39 is 0 Å². The fraction of sp³-hybridized carbons (Fsp3) is 0.235. The van der Waals surface area contributed by atoms with Gasteiger partial charge < -0.3 is 10.5 Å². The molecule has 2 rings (SSSR count).